The minimum atomic E-state index is 0.0507. The minimum Gasteiger partial charge on any atom is -0.370 e. The third-order valence-electron chi connectivity index (χ3n) is 5.03. The Hall–Kier alpha value is -2.85. The Labute approximate surface area is 170 Å². The summed E-state index contributed by atoms with van der Waals surface area (Å²) in [6.45, 7) is 2.13. The summed E-state index contributed by atoms with van der Waals surface area (Å²) >= 11 is 6.03. The fraction of sp³-hybridized carbons (Fsp3) is 0.217. The lowest BCUT2D eigenvalue weighted by Crippen LogP contribution is -2.36. The molecule has 1 aliphatic rings. The molecule has 0 saturated carbocycles. The van der Waals surface area contributed by atoms with Crippen molar-refractivity contribution in [1.82, 2.24) is 9.88 Å². The first-order chi connectivity index (χ1) is 13.7. The van der Waals surface area contributed by atoms with Gasteiger partial charge in [0.05, 0.1) is 0 Å². The number of hydrogen-bond donors (Lipinski definition) is 1. The van der Waals surface area contributed by atoms with Crippen molar-refractivity contribution in [3.63, 3.8) is 0 Å². The molecule has 0 saturated heterocycles. The van der Waals surface area contributed by atoms with Crippen LogP contribution in [0.4, 0.5) is 5.82 Å². The molecule has 0 atom stereocenters. The van der Waals surface area contributed by atoms with E-state index in [-0.39, 0.29) is 5.91 Å². The van der Waals surface area contributed by atoms with Gasteiger partial charge in [0.1, 0.15) is 5.82 Å². The molecule has 28 heavy (non-hydrogen) atoms. The molecule has 0 radical (unpaired) electrons. The van der Waals surface area contributed by atoms with Crippen molar-refractivity contribution >= 4 is 23.3 Å². The second kappa shape index (κ2) is 8.44. The van der Waals surface area contributed by atoms with Crippen LogP contribution < -0.4 is 5.32 Å². The van der Waals surface area contributed by atoms with E-state index >= 15 is 0 Å². The predicted molar refractivity (Wildman–Crippen MR) is 113 cm³/mol. The third kappa shape index (κ3) is 4.34. The molecule has 0 spiro atoms. The van der Waals surface area contributed by atoms with Crippen LogP contribution in [-0.2, 0) is 19.4 Å². The van der Waals surface area contributed by atoms with E-state index in [0.29, 0.717) is 17.9 Å². The molecule has 1 N–H and O–H groups in total. The average Bonchev–Trinajstić information content (AvgIpc) is 2.73. The number of benzene rings is 2. The highest BCUT2D eigenvalue weighted by Crippen LogP contribution is 2.21. The van der Waals surface area contributed by atoms with Crippen molar-refractivity contribution in [3.05, 3.63) is 94.1 Å². The predicted octanol–water partition coefficient (Wildman–Crippen LogP) is 4.59. The molecule has 0 unspecified atom stereocenters. The summed E-state index contributed by atoms with van der Waals surface area (Å²) in [7, 11) is 0. The van der Waals surface area contributed by atoms with E-state index in [1.807, 2.05) is 35.2 Å². The molecule has 1 aliphatic heterocycles. The highest BCUT2D eigenvalue weighted by molar-refractivity contribution is 6.30. The van der Waals surface area contributed by atoms with Crippen molar-refractivity contribution < 1.29 is 4.79 Å². The maximum Gasteiger partial charge on any atom is 0.254 e. The standard InChI is InChI=1S/C23H22ClN3O/c24-21-7-3-4-17(14-21)8-11-25-22-15-19(9-12-26-22)23(28)27-13-10-18-5-1-2-6-20(18)16-27/h1-7,9,12,14-15H,8,10-11,13,16H2,(H,25,26). The number of amides is 1. The molecule has 4 nitrogen and oxygen atoms in total. The lowest BCUT2D eigenvalue weighted by Gasteiger charge is -2.29. The van der Waals surface area contributed by atoms with Crippen molar-refractivity contribution in [2.75, 3.05) is 18.4 Å². The minimum absolute atomic E-state index is 0.0507. The number of anilines is 1. The van der Waals surface area contributed by atoms with E-state index in [9.17, 15) is 4.79 Å². The smallest absolute Gasteiger partial charge is 0.254 e. The van der Waals surface area contributed by atoms with Crippen LogP contribution in [0.2, 0.25) is 5.02 Å². The molecule has 5 heteroatoms. The second-order valence-electron chi connectivity index (χ2n) is 6.98. The number of pyridine rings is 1. The fourth-order valence-corrected chi connectivity index (χ4v) is 3.75. The van der Waals surface area contributed by atoms with Crippen LogP contribution in [0.1, 0.15) is 27.0 Å². The number of nitrogens with zero attached hydrogens (tertiary/aromatic N) is 2. The van der Waals surface area contributed by atoms with E-state index in [4.69, 9.17) is 11.6 Å². The van der Waals surface area contributed by atoms with Gasteiger partial charge in [-0.15, -0.1) is 0 Å². The monoisotopic (exact) mass is 391 g/mol. The van der Waals surface area contributed by atoms with E-state index < -0.39 is 0 Å². The molecule has 2 aromatic carbocycles. The van der Waals surface area contributed by atoms with Crippen molar-refractivity contribution in [2.45, 2.75) is 19.4 Å². The Kier molecular flexibility index (Phi) is 5.58. The number of carbonyl (C=O) groups is 1. The summed E-state index contributed by atoms with van der Waals surface area (Å²) in [5, 5.41) is 4.04. The Morgan fingerprint density at radius 3 is 2.79 bits per heavy atom. The highest BCUT2D eigenvalue weighted by atomic mass is 35.5. The summed E-state index contributed by atoms with van der Waals surface area (Å²) in [5.74, 6) is 0.764. The molecule has 0 aliphatic carbocycles. The quantitative estimate of drug-likeness (QED) is 0.692. The molecule has 4 rings (SSSR count). The van der Waals surface area contributed by atoms with Gasteiger partial charge in [0.15, 0.2) is 0 Å². The number of carbonyl (C=O) groups excluding carboxylic acids is 1. The lowest BCUT2D eigenvalue weighted by molar-refractivity contribution is 0.0734. The van der Waals surface area contributed by atoms with Gasteiger partial charge in [-0.05, 0) is 53.8 Å². The van der Waals surface area contributed by atoms with Crippen molar-refractivity contribution in [3.8, 4) is 0 Å². The number of nitrogens with one attached hydrogen (secondary N) is 1. The van der Waals surface area contributed by atoms with Crippen LogP contribution in [0.25, 0.3) is 0 Å². The summed E-state index contributed by atoms with van der Waals surface area (Å²) in [6, 6.07) is 19.8. The van der Waals surface area contributed by atoms with Crippen LogP contribution in [-0.4, -0.2) is 28.9 Å². The van der Waals surface area contributed by atoms with Crippen LogP contribution in [0, 0.1) is 0 Å². The molecule has 142 valence electrons. The topological polar surface area (TPSA) is 45.2 Å². The van der Waals surface area contributed by atoms with Crippen LogP contribution in [0.15, 0.2) is 66.9 Å². The first-order valence-corrected chi connectivity index (χ1v) is 9.87. The summed E-state index contributed by atoms with van der Waals surface area (Å²) < 4.78 is 0. The SMILES string of the molecule is O=C(c1ccnc(NCCc2cccc(Cl)c2)c1)N1CCc2ccccc2C1. The van der Waals surface area contributed by atoms with Crippen molar-refractivity contribution in [1.29, 1.82) is 0 Å². The summed E-state index contributed by atoms with van der Waals surface area (Å²) in [6.07, 6.45) is 3.42. The van der Waals surface area contributed by atoms with Gasteiger partial charge in [0.25, 0.3) is 5.91 Å². The lowest BCUT2D eigenvalue weighted by atomic mass is 9.99. The third-order valence-corrected chi connectivity index (χ3v) is 5.27. The maximum atomic E-state index is 13.0. The van der Waals surface area contributed by atoms with Crippen molar-refractivity contribution in [2.24, 2.45) is 0 Å². The molecular weight excluding hydrogens is 370 g/mol. The van der Waals surface area contributed by atoms with Gasteiger partial charge in [0.2, 0.25) is 0 Å². The highest BCUT2D eigenvalue weighted by Gasteiger charge is 2.21. The van der Waals surface area contributed by atoms with Gasteiger partial charge in [-0.3, -0.25) is 4.79 Å². The Morgan fingerprint density at radius 2 is 1.93 bits per heavy atom. The van der Waals surface area contributed by atoms with E-state index in [0.717, 1.165) is 31.0 Å². The summed E-state index contributed by atoms with van der Waals surface area (Å²) in [5.41, 5.74) is 4.40. The van der Waals surface area contributed by atoms with Crippen LogP contribution in [0.5, 0.6) is 0 Å². The van der Waals surface area contributed by atoms with Crippen LogP contribution >= 0.6 is 11.6 Å². The molecule has 0 bridgehead atoms. The van der Waals surface area contributed by atoms with Gasteiger partial charge >= 0.3 is 0 Å². The van der Waals surface area contributed by atoms with E-state index in [2.05, 4.69) is 34.6 Å². The first-order valence-electron chi connectivity index (χ1n) is 9.49. The molecule has 1 amide bonds. The normalized spacial score (nSPS) is 13.1. The molecule has 1 aromatic heterocycles. The number of rotatable bonds is 5. The molecule has 0 fully saturated rings. The molecule has 3 aromatic rings. The van der Waals surface area contributed by atoms with E-state index in [1.165, 1.54) is 16.7 Å². The zero-order valence-electron chi connectivity index (χ0n) is 15.6. The molecular formula is C23H22ClN3O. The zero-order valence-corrected chi connectivity index (χ0v) is 16.3. The van der Waals surface area contributed by atoms with Gasteiger partial charge in [-0.1, -0.05) is 48.0 Å². The Morgan fingerprint density at radius 1 is 1.07 bits per heavy atom. The largest absolute Gasteiger partial charge is 0.370 e. The second-order valence-corrected chi connectivity index (χ2v) is 7.42. The summed E-state index contributed by atoms with van der Waals surface area (Å²) in [4.78, 5) is 19.2. The Bertz CT molecular complexity index is 989. The number of fused-ring (bicyclic) bond motifs is 1. The maximum absolute atomic E-state index is 13.0. The number of halogens is 1. The van der Waals surface area contributed by atoms with Crippen LogP contribution in [0.3, 0.4) is 0 Å². The number of hydrogen-bond acceptors (Lipinski definition) is 3. The van der Waals surface area contributed by atoms with Gasteiger partial charge in [-0.2, -0.15) is 0 Å². The first kappa shape index (κ1) is 18.5. The molecule has 2 heterocycles. The fourth-order valence-electron chi connectivity index (χ4n) is 3.54. The zero-order chi connectivity index (χ0) is 19.3. The van der Waals surface area contributed by atoms with E-state index in [1.54, 1.807) is 12.3 Å². The van der Waals surface area contributed by atoms with Gasteiger partial charge < -0.3 is 10.2 Å². The van der Waals surface area contributed by atoms with Gasteiger partial charge in [-0.25, -0.2) is 4.98 Å². The average molecular weight is 392 g/mol. The number of aromatic nitrogens is 1. The Balaban J connectivity index is 1.39. The van der Waals surface area contributed by atoms with Gasteiger partial charge in [0, 0.05) is 36.4 Å².